The molecular formula is C12H15NO6S2. The first-order valence-corrected chi connectivity index (χ1v) is 9.51. The van der Waals surface area contributed by atoms with Gasteiger partial charge in [0.2, 0.25) is 10.0 Å². The lowest BCUT2D eigenvalue weighted by molar-refractivity contribution is 0.0600. The van der Waals surface area contributed by atoms with Gasteiger partial charge in [0.1, 0.15) is 0 Å². The van der Waals surface area contributed by atoms with Gasteiger partial charge in [-0.05, 0) is 24.6 Å². The van der Waals surface area contributed by atoms with Crippen molar-refractivity contribution in [3.63, 3.8) is 0 Å². The zero-order valence-corrected chi connectivity index (χ0v) is 12.9. The summed E-state index contributed by atoms with van der Waals surface area (Å²) in [5.41, 5.74) is 0.402. The predicted octanol–water partition coefficient (Wildman–Crippen LogP) is 0.402. The molecule has 2 rings (SSSR count). The van der Waals surface area contributed by atoms with Crippen molar-refractivity contribution in [2.24, 2.45) is 0 Å². The monoisotopic (exact) mass is 333 g/mol. The van der Waals surface area contributed by atoms with Crippen LogP contribution in [0.4, 0.5) is 5.69 Å². The third-order valence-electron chi connectivity index (χ3n) is 3.17. The molecule has 1 aromatic rings. The summed E-state index contributed by atoms with van der Waals surface area (Å²) < 4.78 is 53.9. The van der Waals surface area contributed by atoms with Crippen molar-refractivity contribution in [1.82, 2.24) is 0 Å². The van der Waals surface area contributed by atoms with Crippen molar-refractivity contribution in [2.45, 2.75) is 11.7 Å². The van der Waals surface area contributed by atoms with Gasteiger partial charge in [-0.3, -0.25) is 4.72 Å². The Labute approximate surface area is 123 Å². The Morgan fingerprint density at radius 2 is 2.10 bits per heavy atom. The van der Waals surface area contributed by atoms with Crippen LogP contribution in [-0.2, 0) is 24.6 Å². The molecule has 0 spiro atoms. The Kier molecular flexibility index (Phi) is 4.24. The highest BCUT2D eigenvalue weighted by molar-refractivity contribution is 7.97. The molecule has 0 bridgehead atoms. The number of methoxy groups -OCH3 is 1. The van der Waals surface area contributed by atoms with E-state index in [1.807, 2.05) is 0 Å². The van der Waals surface area contributed by atoms with Crippen molar-refractivity contribution in [2.75, 3.05) is 23.3 Å². The maximum Gasteiger partial charge on any atom is 0.337 e. The topological polar surface area (TPSA) is 107 Å². The second kappa shape index (κ2) is 5.64. The minimum absolute atomic E-state index is 0.0777. The fourth-order valence-corrected chi connectivity index (χ4v) is 6.16. The number of carbonyl (C=O) groups is 1. The minimum Gasteiger partial charge on any atom is -0.465 e. The number of hydrogen-bond donors (Lipinski definition) is 1. The zero-order chi connectivity index (χ0) is 15.7. The zero-order valence-electron chi connectivity index (χ0n) is 11.3. The van der Waals surface area contributed by atoms with Crippen molar-refractivity contribution >= 4 is 31.5 Å². The number of ether oxygens (including phenoxy) is 1. The Hall–Kier alpha value is -1.61. The molecule has 1 unspecified atom stereocenters. The van der Waals surface area contributed by atoms with Crippen molar-refractivity contribution in [3.05, 3.63) is 29.8 Å². The second-order valence-corrected chi connectivity index (χ2v) is 8.93. The molecule has 116 valence electrons. The van der Waals surface area contributed by atoms with Crippen LogP contribution >= 0.6 is 0 Å². The van der Waals surface area contributed by atoms with E-state index in [9.17, 15) is 21.6 Å². The summed E-state index contributed by atoms with van der Waals surface area (Å²) in [6.07, 6.45) is 0.0777. The molecule has 1 aromatic carbocycles. The summed E-state index contributed by atoms with van der Waals surface area (Å²) in [6, 6.07) is 5.82. The van der Waals surface area contributed by atoms with Gasteiger partial charge < -0.3 is 4.74 Å². The first kappa shape index (κ1) is 15.8. The molecule has 1 N–H and O–H groups in total. The molecule has 1 heterocycles. The molecule has 0 amide bonds. The molecule has 0 radical (unpaired) electrons. The third kappa shape index (κ3) is 3.73. The first-order valence-electron chi connectivity index (χ1n) is 6.14. The van der Waals surface area contributed by atoms with Crippen LogP contribution in [0.3, 0.4) is 0 Å². The van der Waals surface area contributed by atoms with E-state index in [2.05, 4.69) is 9.46 Å². The van der Waals surface area contributed by atoms with Crippen LogP contribution in [0, 0.1) is 0 Å². The van der Waals surface area contributed by atoms with Crippen LogP contribution in [0.15, 0.2) is 24.3 Å². The molecule has 1 aliphatic rings. The third-order valence-corrected chi connectivity index (χ3v) is 6.95. The predicted molar refractivity (Wildman–Crippen MR) is 77.4 cm³/mol. The molecule has 7 nitrogen and oxygen atoms in total. The van der Waals surface area contributed by atoms with Crippen molar-refractivity contribution in [1.29, 1.82) is 0 Å². The highest BCUT2D eigenvalue weighted by Crippen LogP contribution is 2.22. The maximum atomic E-state index is 12.1. The summed E-state index contributed by atoms with van der Waals surface area (Å²) in [7, 11) is -5.88. The van der Waals surface area contributed by atoms with E-state index in [0.717, 1.165) is 0 Å². The number of esters is 1. The summed E-state index contributed by atoms with van der Waals surface area (Å²) in [6.45, 7) is 0. The van der Waals surface area contributed by atoms with Gasteiger partial charge in [0, 0.05) is 5.69 Å². The van der Waals surface area contributed by atoms with E-state index in [1.165, 1.54) is 31.4 Å². The molecule has 0 saturated carbocycles. The van der Waals surface area contributed by atoms with Gasteiger partial charge in [0.25, 0.3) is 0 Å². The van der Waals surface area contributed by atoms with E-state index in [4.69, 9.17) is 0 Å². The Balaban J connectivity index is 2.20. The van der Waals surface area contributed by atoms with Crippen LogP contribution in [0.5, 0.6) is 0 Å². The van der Waals surface area contributed by atoms with Gasteiger partial charge in [-0.2, -0.15) is 0 Å². The molecule has 1 fully saturated rings. The highest BCUT2D eigenvalue weighted by Gasteiger charge is 2.37. The number of carbonyl (C=O) groups excluding carboxylic acids is 1. The minimum atomic E-state index is -3.81. The van der Waals surface area contributed by atoms with Crippen molar-refractivity contribution < 1.29 is 26.4 Å². The lowest BCUT2D eigenvalue weighted by Gasteiger charge is -2.13. The normalized spacial score (nSPS) is 20.9. The Morgan fingerprint density at radius 3 is 2.67 bits per heavy atom. The number of benzene rings is 1. The lowest BCUT2D eigenvalue weighted by atomic mass is 10.2. The number of sulfone groups is 1. The highest BCUT2D eigenvalue weighted by atomic mass is 32.2. The quantitative estimate of drug-likeness (QED) is 0.800. The van der Waals surface area contributed by atoms with E-state index < -0.39 is 31.1 Å². The average molecular weight is 333 g/mol. The molecule has 1 saturated heterocycles. The molecule has 21 heavy (non-hydrogen) atoms. The molecule has 1 aliphatic heterocycles. The fourth-order valence-electron chi connectivity index (χ4n) is 2.08. The molecule has 1 atom stereocenters. The molecular weight excluding hydrogens is 318 g/mol. The number of rotatable bonds is 4. The number of hydrogen-bond acceptors (Lipinski definition) is 6. The van der Waals surface area contributed by atoms with E-state index in [1.54, 1.807) is 0 Å². The van der Waals surface area contributed by atoms with Gasteiger partial charge in [0.15, 0.2) is 9.84 Å². The summed E-state index contributed by atoms with van der Waals surface area (Å²) in [5.74, 6) is -1.08. The van der Waals surface area contributed by atoms with Gasteiger partial charge >= 0.3 is 5.97 Å². The standard InChI is InChI=1S/C12H15NO6S2/c1-19-12(14)9-3-2-4-10(7-9)13-21(17,18)11-5-6-20(15,16)8-11/h2-4,7,11,13H,5-6,8H2,1H3. The smallest absolute Gasteiger partial charge is 0.337 e. The Morgan fingerprint density at radius 1 is 1.38 bits per heavy atom. The largest absolute Gasteiger partial charge is 0.465 e. The fraction of sp³-hybridized carbons (Fsp3) is 0.417. The van der Waals surface area contributed by atoms with Crippen LogP contribution in [0.1, 0.15) is 16.8 Å². The summed E-state index contributed by atoms with van der Waals surface area (Å²) >= 11 is 0. The van der Waals surface area contributed by atoms with Crippen LogP contribution in [0.25, 0.3) is 0 Å². The van der Waals surface area contributed by atoms with Gasteiger partial charge in [-0.1, -0.05) is 6.07 Å². The van der Waals surface area contributed by atoms with Crippen LogP contribution in [-0.4, -0.2) is 46.7 Å². The van der Waals surface area contributed by atoms with Gasteiger partial charge in [-0.15, -0.1) is 0 Å². The molecule has 0 aromatic heterocycles. The van der Waals surface area contributed by atoms with Crippen molar-refractivity contribution in [3.8, 4) is 0 Å². The number of sulfonamides is 1. The van der Waals surface area contributed by atoms with Gasteiger partial charge in [-0.25, -0.2) is 21.6 Å². The van der Waals surface area contributed by atoms with Gasteiger partial charge in [0.05, 0.1) is 29.4 Å². The maximum absolute atomic E-state index is 12.1. The van der Waals surface area contributed by atoms with E-state index >= 15 is 0 Å². The van der Waals surface area contributed by atoms with E-state index in [-0.39, 0.29) is 29.2 Å². The van der Waals surface area contributed by atoms with Crippen LogP contribution < -0.4 is 4.72 Å². The molecule has 0 aliphatic carbocycles. The lowest BCUT2D eigenvalue weighted by Crippen LogP contribution is -2.28. The first-order chi connectivity index (χ1) is 9.73. The Bertz CT molecular complexity index is 754. The average Bonchev–Trinajstić information content (AvgIpc) is 2.79. The number of anilines is 1. The van der Waals surface area contributed by atoms with E-state index in [0.29, 0.717) is 0 Å². The number of nitrogens with one attached hydrogen (secondary N) is 1. The van der Waals surface area contributed by atoms with Crippen LogP contribution in [0.2, 0.25) is 0 Å². The second-order valence-electron chi connectivity index (χ2n) is 4.74. The summed E-state index contributed by atoms with van der Waals surface area (Å²) in [5, 5.41) is -0.968. The molecule has 9 heteroatoms. The SMILES string of the molecule is COC(=O)c1cccc(NS(=O)(=O)C2CCS(=O)(=O)C2)c1. The summed E-state index contributed by atoms with van der Waals surface area (Å²) in [4.78, 5) is 11.4.